The summed E-state index contributed by atoms with van der Waals surface area (Å²) in [5, 5.41) is 20.0. The third-order valence-corrected chi connectivity index (χ3v) is 5.49. The second-order valence-electron chi connectivity index (χ2n) is 7.79. The van der Waals surface area contributed by atoms with Gasteiger partial charge in [-0.1, -0.05) is 42.0 Å². The first-order chi connectivity index (χ1) is 13.1. The number of aliphatic hydroxyl groups is 2. The SMILES string of the molecule is Cc1ccc(Cn2c(CN3CCC[C@@](O)(CO)C3)nc3ccccc32)cc1. The molecule has 3 aromatic rings. The highest BCUT2D eigenvalue weighted by molar-refractivity contribution is 5.76. The maximum atomic E-state index is 10.5. The molecule has 2 heterocycles. The van der Waals surface area contributed by atoms with Gasteiger partial charge in [0.2, 0.25) is 0 Å². The van der Waals surface area contributed by atoms with Gasteiger partial charge < -0.3 is 14.8 Å². The fraction of sp³-hybridized carbons (Fsp3) is 0.409. The summed E-state index contributed by atoms with van der Waals surface area (Å²) in [6.07, 6.45) is 1.54. The second-order valence-corrected chi connectivity index (χ2v) is 7.79. The predicted molar refractivity (Wildman–Crippen MR) is 107 cm³/mol. The van der Waals surface area contributed by atoms with Gasteiger partial charge in [0.1, 0.15) is 11.4 Å². The Morgan fingerprint density at radius 3 is 2.63 bits per heavy atom. The molecule has 0 amide bonds. The van der Waals surface area contributed by atoms with E-state index in [-0.39, 0.29) is 6.61 Å². The number of imidazole rings is 1. The average Bonchev–Trinajstić information content (AvgIpc) is 3.01. The Bertz CT molecular complexity index is 919. The number of rotatable bonds is 5. The number of aliphatic hydroxyl groups excluding tert-OH is 1. The maximum absolute atomic E-state index is 10.5. The average molecular weight is 365 g/mol. The van der Waals surface area contributed by atoms with Crippen molar-refractivity contribution in [2.45, 2.75) is 38.5 Å². The first-order valence-corrected chi connectivity index (χ1v) is 9.62. The number of piperidine rings is 1. The lowest BCUT2D eigenvalue weighted by Gasteiger charge is -2.37. The van der Waals surface area contributed by atoms with Gasteiger partial charge in [-0.05, 0) is 44.0 Å². The summed E-state index contributed by atoms with van der Waals surface area (Å²) in [7, 11) is 0. The lowest BCUT2D eigenvalue weighted by molar-refractivity contribution is -0.0692. The minimum Gasteiger partial charge on any atom is -0.393 e. The molecule has 5 nitrogen and oxygen atoms in total. The normalized spacial score (nSPS) is 21.0. The van der Waals surface area contributed by atoms with E-state index in [1.807, 2.05) is 18.2 Å². The third kappa shape index (κ3) is 3.90. The van der Waals surface area contributed by atoms with E-state index in [1.54, 1.807) is 0 Å². The van der Waals surface area contributed by atoms with Crippen LogP contribution in [0.25, 0.3) is 11.0 Å². The number of hydrogen-bond acceptors (Lipinski definition) is 4. The number of fused-ring (bicyclic) bond motifs is 1. The van der Waals surface area contributed by atoms with E-state index in [2.05, 4.69) is 46.7 Å². The van der Waals surface area contributed by atoms with E-state index in [0.717, 1.165) is 36.4 Å². The topological polar surface area (TPSA) is 61.5 Å². The van der Waals surface area contributed by atoms with Crippen LogP contribution < -0.4 is 0 Å². The molecule has 0 bridgehead atoms. The van der Waals surface area contributed by atoms with Crippen LogP contribution in [0.2, 0.25) is 0 Å². The van der Waals surface area contributed by atoms with Gasteiger partial charge in [0.05, 0.1) is 24.2 Å². The first-order valence-electron chi connectivity index (χ1n) is 9.62. The molecule has 4 rings (SSSR count). The summed E-state index contributed by atoms with van der Waals surface area (Å²) in [6, 6.07) is 16.8. The summed E-state index contributed by atoms with van der Waals surface area (Å²) in [5.74, 6) is 0.999. The Hall–Kier alpha value is -2.21. The Morgan fingerprint density at radius 1 is 1.07 bits per heavy atom. The Labute approximate surface area is 159 Å². The molecule has 1 fully saturated rings. The molecule has 0 radical (unpaired) electrons. The monoisotopic (exact) mass is 365 g/mol. The number of para-hydroxylation sites is 2. The van der Waals surface area contributed by atoms with Gasteiger partial charge in [-0.3, -0.25) is 4.90 Å². The standard InChI is InChI=1S/C22H27N3O2/c1-17-7-9-18(10-8-17)13-25-20-6-3-2-5-19(20)23-21(25)14-24-12-4-11-22(27,15-24)16-26/h2-3,5-10,26-27H,4,11-16H2,1H3/t22-/m0/s1. The quantitative estimate of drug-likeness (QED) is 0.730. The van der Waals surface area contributed by atoms with Crippen molar-refractivity contribution in [3.05, 3.63) is 65.5 Å². The van der Waals surface area contributed by atoms with Crippen molar-refractivity contribution < 1.29 is 10.2 Å². The van der Waals surface area contributed by atoms with Gasteiger partial charge in [-0.2, -0.15) is 0 Å². The highest BCUT2D eigenvalue weighted by atomic mass is 16.3. The van der Waals surface area contributed by atoms with Gasteiger partial charge in [0, 0.05) is 13.1 Å². The lowest BCUT2D eigenvalue weighted by Crippen LogP contribution is -2.50. The van der Waals surface area contributed by atoms with E-state index >= 15 is 0 Å². The molecular formula is C22H27N3O2. The van der Waals surface area contributed by atoms with Crippen LogP contribution in [0.5, 0.6) is 0 Å². The fourth-order valence-electron chi connectivity index (χ4n) is 3.97. The Kier molecular flexibility index (Phi) is 5.00. The van der Waals surface area contributed by atoms with Crippen molar-refractivity contribution in [3.8, 4) is 0 Å². The van der Waals surface area contributed by atoms with Crippen LogP contribution in [-0.2, 0) is 13.1 Å². The third-order valence-electron chi connectivity index (χ3n) is 5.49. The minimum atomic E-state index is -0.994. The Morgan fingerprint density at radius 2 is 1.85 bits per heavy atom. The number of hydrogen-bond donors (Lipinski definition) is 2. The van der Waals surface area contributed by atoms with Crippen molar-refractivity contribution in [1.82, 2.24) is 14.5 Å². The number of likely N-dealkylation sites (tertiary alicyclic amines) is 1. The van der Waals surface area contributed by atoms with Crippen LogP contribution in [0.1, 0.15) is 29.8 Å². The summed E-state index contributed by atoms with van der Waals surface area (Å²) in [4.78, 5) is 7.07. The van der Waals surface area contributed by atoms with Crippen molar-refractivity contribution >= 4 is 11.0 Å². The molecule has 1 atom stereocenters. The molecule has 0 aliphatic carbocycles. The van der Waals surface area contributed by atoms with Crippen LogP contribution in [-0.4, -0.2) is 50.0 Å². The van der Waals surface area contributed by atoms with E-state index < -0.39 is 5.60 Å². The molecule has 2 aromatic carbocycles. The summed E-state index contributed by atoms with van der Waals surface area (Å²) in [6.45, 7) is 4.74. The van der Waals surface area contributed by atoms with Crippen LogP contribution in [0.4, 0.5) is 0 Å². The lowest BCUT2D eigenvalue weighted by atomic mass is 9.94. The van der Waals surface area contributed by atoms with Crippen molar-refractivity contribution in [2.75, 3.05) is 19.7 Å². The number of benzene rings is 2. The molecule has 1 aliphatic rings. The minimum absolute atomic E-state index is 0.191. The summed E-state index contributed by atoms with van der Waals surface area (Å²) in [5.41, 5.74) is 3.63. The van der Waals surface area contributed by atoms with E-state index in [4.69, 9.17) is 4.98 Å². The zero-order chi connectivity index (χ0) is 18.9. The summed E-state index contributed by atoms with van der Waals surface area (Å²) < 4.78 is 2.27. The van der Waals surface area contributed by atoms with Crippen LogP contribution >= 0.6 is 0 Å². The highest BCUT2D eigenvalue weighted by Crippen LogP contribution is 2.24. The molecule has 1 aliphatic heterocycles. The molecule has 1 saturated heterocycles. The van der Waals surface area contributed by atoms with Crippen molar-refractivity contribution in [1.29, 1.82) is 0 Å². The van der Waals surface area contributed by atoms with Gasteiger partial charge in [-0.15, -0.1) is 0 Å². The molecule has 1 aromatic heterocycles. The van der Waals surface area contributed by atoms with E-state index in [1.165, 1.54) is 11.1 Å². The largest absolute Gasteiger partial charge is 0.393 e. The van der Waals surface area contributed by atoms with E-state index in [0.29, 0.717) is 19.5 Å². The van der Waals surface area contributed by atoms with Gasteiger partial charge in [0.15, 0.2) is 0 Å². The summed E-state index contributed by atoms with van der Waals surface area (Å²) >= 11 is 0. The molecule has 142 valence electrons. The second kappa shape index (κ2) is 7.43. The number of aromatic nitrogens is 2. The number of aryl methyl sites for hydroxylation is 1. The molecule has 0 saturated carbocycles. The zero-order valence-electron chi connectivity index (χ0n) is 15.8. The van der Waals surface area contributed by atoms with Crippen LogP contribution in [0.3, 0.4) is 0 Å². The first kappa shape index (κ1) is 18.2. The van der Waals surface area contributed by atoms with Crippen molar-refractivity contribution in [2.24, 2.45) is 0 Å². The fourth-order valence-corrected chi connectivity index (χ4v) is 3.97. The van der Waals surface area contributed by atoms with E-state index in [9.17, 15) is 10.2 Å². The molecule has 0 spiro atoms. The molecule has 5 heteroatoms. The maximum Gasteiger partial charge on any atom is 0.124 e. The molecule has 2 N–H and O–H groups in total. The van der Waals surface area contributed by atoms with Gasteiger partial charge >= 0.3 is 0 Å². The van der Waals surface area contributed by atoms with Crippen molar-refractivity contribution in [3.63, 3.8) is 0 Å². The molecule has 0 unspecified atom stereocenters. The highest BCUT2D eigenvalue weighted by Gasteiger charge is 2.33. The van der Waals surface area contributed by atoms with Crippen LogP contribution in [0.15, 0.2) is 48.5 Å². The zero-order valence-corrected chi connectivity index (χ0v) is 15.8. The van der Waals surface area contributed by atoms with Gasteiger partial charge in [-0.25, -0.2) is 4.98 Å². The number of nitrogens with zero attached hydrogens (tertiary/aromatic N) is 3. The number of β-amino-alcohol motifs (C(OH)–C–C–N with tert-alkyl or cyclic N) is 1. The predicted octanol–water partition coefficient (Wildman–Crippen LogP) is 2.71. The van der Waals surface area contributed by atoms with Gasteiger partial charge in [0.25, 0.3) is 0 Å². The smallest absolute Gasteiger partial charge is 0.124 e. The Balaban J connectivity index is 1.64. The molecular weight excluding hydrogens is 338 g/mol. The molecule has 27 heavy (non-hydrogen) atoms. The van der Waals surface area contributed by atoms with Crippen LogP contribution in [0, 0.1) is 6.92 Å².